The number of benzene rings is 1. The molecule has 1 fully saturated rings. The van der Waals surface area contributed by atoms with Gasteiger partial charge in [-0.15, -0.1) is 13.2 Å². The van der Waals surface area contributed by atoms with Crippen molar-refractivity contribution in [3.8, 4) is 5.75 Å². The molecule has 1 unspecified atom stereocenters. The minimum atomic E-state index is -4.68. The van der Waals surface area contributed by atoms with Gasteiger partial charge in [0.2, 0.25) is 0 Å². The summed E-state index contributed by atoms with van der Waals surface area (Å²) >= 11 is 3.08. The highest BCUT2D eigenvalue weighted by Gasteiger charge is 2.32. The predicted molar refractivity (Wildman–Crippen MR) is 70.3 cm³/mol. The molecule has 1 heterocycles. The Morgan fingerprint density at radius 2 is 2.16 bits per heavy atom. The van der Waals surface area contributed by atoms with Crippen molar-refractivity contribution in [2.75, 3.05) is 18.4 Å². The number of hydrogen-bond donors (Lipinski definition) is 2. The average Bonchev–Trinajstić information content (AvgIpc) is 2.33. The van der Waals surface area contributed by atoms with Crippen LogP contribution in [0.25, 0.3) is 0 Å². The maximum Gasteiger partial charge on any atom is 0.573 e. The summed E-state index contributed by atoms with van der Waals surface area (Å²) in [6.45, 7) is 1.87. The van der Waals surface area contributed by atoms with E-state index in [0.717, 1.165) is 31.6 Å². The molecule has 106 valence electrons. The largest absolute Gasteiger partial charge is 0.573 e. The second kappa shape index (κ2) is 6.00. The van der Waals surface area contributed by atoms with Crippen LogP contribution in [0.4, 0.5) is 18.9 Å². The summed E-state index contributed by atoms with van der Waals surface area (Å²) in [6, 6.07) is 4.78. The van der Waals surface area contributed by atoms with Gasteiger partial charge in [-0.25, -0.2) is 0 Å². The molecule has 0 bridgehead atoms. The van der Waals surface area contributed by atoms with Gasteiger partial charge >= 0.3 is 6.36 Å². The second-order valence-electron chi connectivity index (χ2n) is 4.38. The lowest BCUT2D eigenvalue weighted by Gasteiger charge is -2.25. The van der Waals surface area contributed by atoms with Gasteiger partial charge in [-0.2, -0.15) is 0 Å². The fourth-order valence-corrected chi connectivity index (χ4v) is 2.47. The highest BCUT2D eigenvalue weighted by molar-refractivity contribution is 9.10. The number of hydrogen-bond acceptors (Lipinski definition) is 3. The van der Waals surface area contributed by atoms with Crippen LogP contribution in [0.3, 0.4) is 0 Å². The number of rotatable bonds is 3. The van der Waals surface area contributed by atoms with Gasteiger partial charge in [0.1, 0.15) is 5.75 Å². The average molecular weight is 339 g/mol. The summed E-state index contributed by atoms with van der Waals surface area (Å²) in [7, 11) is 0. The van der Waals surface area contributed by atoms with Gasteiger partial charge in [-0.05, 0) is 53.5 Å². The summed E-state index contributed by atoms with van der Waals surface area (Å²) in [6.07, 6.45) is -2.54. The Hall–Kier alpha value is -0.950. The third-order valence-electron chi connectivity index (χ3n) is 2.83. The SMILES string of the molecule is FC(F)(F)Oc1ccc(NC2CCCNC2)cc1Br. The van der Waals surface area contributed by atoms with E-state index in [1.807, 2.05) is 0 Å². The number of halogens is 4. The topological polar surface area (TPSA) is 33.3 Å². The van der Waals surface area contributed by atoms with Crippen LogP contribution < -0.4 is 15.4 Å². The lowest BCUT2D eigenvalue weighted by atomic mass is 10.1. The standard InChI is InChI=1S/C12H14BrF3N2O/c13-10-6-8(18-9-2-1-5-17-7-9)3-4-11(10)19-12(14,15)16/h3-4,6,9,17-18H,1-2,5,7H2. The van der Waals surface area contributed by atoms with Crippen LogP contribution in [0.2, 0.25) is 0 Å². The van der Waals surface area contributed by atoms with E-state index in [2.05, 4.69) is 31.3 Å². The maximum atomic E-state index is 12.1. The minimum Gasteiger partial charge on any atom is -0.405 e. The molecule has 2 rings (SSSR count). The van der Waals surface area contributed by atoms with Crippen LogP contribution in [0.15, 0.2) is 22.7 Å². The van der Waals surface area contributed by atoms with E-state index < -0.39 is 6.36 Å². The van der Waals surface area contributed by atoms with Gasteiger partial charge in [0.15, 0.2) is 0 Å². The van der Waals surface area contributed by atoms with Gasteiger partial charge < -0.3 is 15.4 Å². The normalized spacial score (nSPS) is 20.1. The fourth-order valence-electron chi connectivity index (χ4n) is 2.01. The summed E-state index contributed by atoms with van der Waals surface area (Å²) in [5.74, 6) is -0.236. The Morgan fingerprint density at radius 3 is 2.74 bits per heavy atom. The number of nitrogens with one attached hydrogen (secondary N) is 2. The Balaban J connectivity index is 2.01. The summed E-state index contributed by atoms with van der Waals surface area (Å²) in [5.41, 5.74) is 0.773. The monoisotopic (exact) mass is 338 g/mol. The Labute approximate surface area is 117 Å². The van der Waals surface area contributed by atoms with Crippen molar-refractivity contribution in [3.05, 3.63) is 22.7 Å². The smallest absolute Gasteiger partial charge is 0.405 e. The Morgan fingerprint density at radius 1 is 1.37 bits per heavy atom. The molecule has 0 aliphatic carbocycles. The molecule has 1 saturated heterocycles. The molecule has 1 aromatic carbocycles. The summed E-state index contributed by atoms with van der Waals surface area (Å²) in [4.78, 5) is 0. The van der Waals surface area contributed by atoms with Gasteiger partial charge in [-0.3, -0.25) is 0 Å². The lowest BCUT2D eigenvalue weighted by Crippen LogP contribution is -2.38. The molecule has 0 amide bonds. The molecule has 1 aliphatic rings. The molecule has 0 saturated carbocycles. The molecule has 0 spiro atoms. The van der Waals surface area contributed by atoms with Crippen LogP contribution in [0.1, 0.15) is 12.8 Å². The third kappa shape index (κ3) is 4.58. The van der Waals surface area contributed by atoms with Crippen molar-refractivity contribution in [2.45, 2.75) is 25.2 Å². The zero-order chi connectivity index (χ0) is 13.9. The number of alkyl halides is 3. The van der Waals surface area contributed by atoms with E-state index in [9.17, 15) is 13.2 Å². The van der Waals surface area contributed by atoms with E-state index >= 15 is 0 Å². The molecule has 0 radical (unpaired) electrons. The van der Waals surface area contributed by atoms with Crippen molar-refractivity contribution >= 4 is 21.6 Å². The molecule has 7 heteroatoms. The highest BCUT2D eigenvalue weighted by Crippen LogP contribution is 2.32. The fraction of sp³-hybridized carbons (Fsp3) is 0.500. The zero-order valence-electron chi connectivity index (χ0n) is 10.1. The summed E-state index contributed by atoms with van der Waals surface area (Å²) in [5, 5.41) is 6.55. The molecule has 19 heavy (non-hydrogen) atoms. The van der Waals surface area contributed by atoms with Crippen molar-refractivity contribution in [2.24, 2.45) is 0 Å². The molecule has 3 nitrogen and oxygen atoms in total. The molecular formula is C12H14BrF3N2O. The van der Waals surface area contributed by atoms with E-state index in [-0.39, 0.29) is 10.2 Å². The predicted octanol–water partition coefficient (Wildman–Crippen LogP) is 3.51. The zero-order valence-corrected chi connectivity index (χ0v) is 11.6. The molecule has 2 N–H and O–H groups in total. The van der Waals surface area contributed by atoms with E-state index in [4.69, 9.17) is 0 Å². The van der Waals surface area contributed by atoms with Gasteiger partial charge in [0.05, 0.1) is 4.47 Å². The van der Waals surface area contributed by atoms with Gasteiger partial charge in [-0.1, -0.05) is 0 Å². The van der Waals surface area contributed by atoms with Crippen LogP contribution in [0, 0.1) is 0 Å². The van der Waals surface area contributed by atoms with Gasteiger partial charge in [0, 0.05) is 18.3 Å². The number of ether oxygens (including phenoxy) is 1. The van der Waals surface area contributed by atoms with Crippen LogP contribution >= 0.6 is 15.9 Å². The number of piperidine rings is 1. The molecule has 0 aromatic heterocycles. The minimum absolute atomic E-state index is 0.236. The van der Waals surface area contributed by atoms with Crippen molar-refractivity contribution in [1.29, 1.82) is 0 Å². The Bertz CT molecular complexity index is 433. The van der Waals surface area contributed by atoms with Gasteiger partial charge in [0.25, 0.3) is 0 Å². The van der Waals surface area contributed by atoms with Crippen LogP contribution in [-0.4, -0.2) is 25.5 Å². The maximum absolute atomic E-state index is 12.1. The summed E-state index contributed by atoms with van der Waals surface area (Å²) < 4.78 is 40.5. The third-order valence-corrected chi connectivity index (χ3v) is 3.44. The Kier molecular flexibility index (Phi) is 4.57. The van der Waals surface area contributed by atoms with E-state index in [1.165, 1.54) is 6.07 Å². The molecule has 1 aliphatic heterocycles. The molecule has 1 aromatic rings. The van der Waals surface area contributed by atoms with Crippen molar-refractivity contribution < 1.29 is 17.9 Å². The highest BCUT2D eigenvalue weighted by atomic mass is 79.9. The van der Waals surface area contributed by atoms with Crippen molar-refractivity contribution in [1.82, 2.24) is 5.32 Å². The first kappa shape index (κ1) is 14.5. The number of anilines is 1. The first-order valence-electron chi connectivity index (χ1n) is 5.96. The van der Waals surface area contributed by atoms with Crippen LogP contribution in [-0.2, 0) is 0 Å². The second-order valence-corrected chi connectivity index (χ2v) is 5.23. The lowest BCUT2D eigenvalue weighted by molar-refractivity contribution is -0.274. The van der Waals surface area contributed by atoms with E-state index in [1.54, 1.807) is 12.1 Å². The van der Waals surface area contributed by atoms with Crippen molar-refractivity contribution in [3.63, 3.8) is 0 Å². The first-order chi connectivity index (χ1) is 8.94. The molecule has 1 atom stereocenters. The quantitative estimate of drug-likeness (QED) is 0.884. The van der Waals surface area contributed by atoms with E-state index in [0.29, 0.717) is 6.04 Å². The molecular weight excluding hydrogens is 325 g/mol. The first-order valence-corrected chi connectivity index (χ1v) is 6.76. The van der Waals surface area contributed by atoms with Crippen LogP contribution in [0.5, 0.6) is 5.75 Å².